The summed E-state index contributed by atoms with van der Waals surface area (Å²) >= 11 is 0. The average molecular weight is 475 g/mol. The molecular weight excluding hydrogens is 444 g/mol. The number of carbonyl (C=O) groups excluding carboxylic acids is 1. The van der Waals surface area contributed by atoms with Crippen molar-refractivity contribution < 1.29 is 4.79 Å². The van der Waals surface area contributed by atoms with Crippen molar-refractivity contribution in [1.29, 1.82) is 0 Å². The molecule has 1 saturated carbocycles. The van der Waals surface area contributed by atoms with Crippen LogP contribution in [-0.4, -0.2) is 39.7 Å². The molecule has 36 heavy (non-hydrogen) atoms. The number of aromatic nitrogens is 2. The van der Waals surface area contributed by atoms with Crippen molar-refractivity contribution in [1.82, 2.24) is 14.5 Å². The number of benzene rings is 3. The lowest BCUT2D eigenvalue weighted by atomic mass is 9.99. The molecule has 2 fully saturated rings. The van der Waals surface area contributed by atoms with Crippen LogP contribution in [0.3, 0.4) is 0 Å². The lowest BCUT2D eigenvalue weighted by Crippen LogP contribution is -2.30. The standard InChI is InChI=1S/C31H30N4O/c1-20-3-2-4-28-29(20)33-30(35(28)19-21-13-14-34(18-21)31(36)24-9-10-24)23-7-5-22(6-8-23)25-11-12-26-16-32-17-27(26)15-25/h2-8,11-12,15-16,21,24H,9-10,13-14,17-19H2,1H3. The average Bonchev–Trinajstić information content (AvgIpc) is 3.30. The maximum Gasteiger partial charge on any atom is 0.225 e. The van der Waals surface area contributed by atoms with Gasteiger partial charge in [-0.2, -0.15) is 0 Å². The topological polar surface area (TPSA) is 50.5 Å². The molecule has 7 rings (SSSR count). The number of carbonyl (C=O) groups is 1. The van der Waals surface area contributed by atoms with Crippen LogP contribution in [0.2, 0.25) is 0 Å². The van der Waals surface area contributed by atoms with E-state index < -0.39 is 0 Å². The predicted octanol–water partition coefficient (Wildman–Crippen LogP) is 5.87. The Morgan fingerprint density at radius 2 is 1.78 bits per heavy atom. The van der Waals surface area contributed by atoms with Gasteiger partial charge < -0.3 is 9.47 Å². The minimum Gasteiger partial charge on any atom is -0.342 e. The van der Waals surface area contributed by atoms with Gasteiger partial charge in [0.05, 0.1) is 17.6 Å². The van der Waals surface area contributed by atoms with E-state index in [9.17, 15) is 4.79 Å². The van der Waals surface area contributed by atoms with E-state index in [1.807, 2.05) is 6.21 Å². The fourth-order valence-electron chi connectivity index (χ4n) is 5.82. The summed E-state index contributed by atoms with van der Waals surface area (Å²) in [4.78, 5) is 24.2. The van der Waals surface area contributed by atoms with Crippen LogP contribution < -0.4 is 0 Å². The minimum absolute atomic E-state index is 0.299. The number of nitrogens with zero attached hydrogens (tertiary/aromatic N) is 4. The van der Waals surface area contributed by atoms with Crippen molar-refractivity contribution in [3.8, 4) is 22.5 Å². The van der Waals surface area contributed by atoms with Crippen molar-refractivity contribution in [2.45, 2.75) is 39.3 Å². The minimum atomic E-state index is 0.299. The van der Waals surface area contributed by atoms with Crippen LogP contribution in [0.15, 0.2) is 65.7 Å². The SMILES string of the molecule is Cc1cccc2c1nc(-c1ccc(-c3ccc4c(c3)CN=C4)cc1)n2CC1CCN(C(=O)C2CC2)C1. The molecule has 1 amide bonds. The molecule has 0 N–H and O–H groups in total. The van der Waals surface area contributed by atoms with Gasteiger partial charge in [0.2, 0.25) is 5.91 Å². The molecule has 3 aliphatic rings. The molecule has 0 bridgehead atoms. The highest BCUT2D eigenvalue weighted by atomic mass is 16.2. The molecule has 5 nitrogen and oxygen atoms in total. The molecule has 180 valence electrons. The number of aryl methyl sites for hydroxylation is 1. The monoisotopic (exact) mass is 474 g/mol. The second-order valence-electron chi connectivity index (χ2n) is 10.7. The van der Waals surface area contributed by atoms with Crippen LogP contribution in [-0.2, 0) is 17.9 Å². The second kappa shape index (κ2) is 8.44. The third kappa shape index (κ3) is 3.74. The number of fused-ring (bicyclic) bond motifs is 2. The van der Waals surface area contributed by atoms with E-state index in [0.717, 1.165) is 62.3 Å². The zero-order valence-electron chi connectivity index (χ0n) is 20.7. The van der Waals surface area contributed by atoms with E-state index >= 15 is 0 Å². The second-order valence-corrected chi connectivity index (χ2v) is 10.7. The van der Waals surface area contributed by atoms with Crippen LogP contribution in [0.4, 0.5) is 0 Å². The van der Waals surface area contributed by atoms with Gasteiger partial charge in [-0.25, -0.2) is 4.98 Å². The number of para-hydroxylation sites is 1. The normalized spacial score (nSPS) is 18.8. The fourth-order valence-corrected chi connectivity index (χ4v) is 5.82. The molecule has 1 unspecified atom stereocenters. The van der Waals surface area contributed by atoms with Gasteiger partial charge in [0.1, 0.15) is 5.82 Å². The van der Waals surface area contributed by atoms with Gasteiger partial charge in [-0.3, -0.25) is 9.79 Å². The Bertz CT molecular complexity index is 1510. The molecule has 1 aliphatic carbocycles. The third-order valence-corrected chi connectivity index (χ3v) is 8.06. The molecule has 2 aliphatic heterocycles. The van der Waals surface area contributed by atoms with Gasteiger partial charge in [0, 0.05) is 37.3 Å². The Labute approximate surface area is 211 Å². The fraction of sp³-hybridized carbons (Fsp3) is 0.323. The lowest BCUT2D eigenvalue weighted by Gasteiger charge is -2.18. The molecular formula is C31H30N4O. The molecule has 3 aromatic carbocycles. The van der Waals surface area contributed by atoms with Gasteiger partial charge in [-0.05, 0) is 72.1 Å². The number of likely N-dealkylation sites (tertiary alicyclic amines) is 1. The Morgan fingerprint density at radius 1 is 0.972 bits per heavy atom. The lowest BCUT2D eigenvalue weighted by molar-refractivity contribution is -0.131. The number of aliphatic imine (C=N–C) groups is 1. The summed E-state index contributed by atoms with van der Waals surface area (Å²) in [6.07, 6.45) is 5.17. The summed E-state index contributed by atoms with van der Waals surface area (Å²) in [5, 5.41) is 0. The van der Waals surface area contributed by atoms with Crippen LogP contribution in [0, 0.1) is 18.8 Å². The summed E-state index contributed by atoms with van der Waals surface area (Å²) in [5.41, 5.74) is 9.52. The maximum absolute atomic E-state index is 12.6. The number of hydrogen-bond acceptors (Lipinski definition) is 3. The van der Waals surface area contributed by atoms with E-state index in [1.54, 1.807) is 0 Å². The van der Waals surface area contributed by atoms with Crippen LogP contribution in [0.1, 0.15) is 36.0 Å². The smallest absolute Gasteiger partial charge is 0.225 e. The van der Waals surface area contributed by atoms with E-state index in [2.05, 4.69) is 82.0 Å². The van der Waals surface area contributed by atoms with Crippen molar-refractivity contribution >= 4 is 23.2 Å². The van der Waals surface area contributed by atoms with Crippen molar-refractivity contribution in [3.05, 3.63) is 77.4 Å². The summed E-state index contributed by atoms with van der Waals surface area (Å²) in [5.74, 6) is 2.14. The van der Waals surface area contributed by atoms with Crippen molar-refractivity contribution in [3.63, 3.8) is 0 Å². The van der Waals surface area contributed by atoms with Crippen LogP contribution in [0.25, 0.3) is 33.5 Å². The van der Waals surface area contributed by atoms with Gasteiger partial charge in [0.25, 0.3) is 0 Å². The molecule has 0 spiro atoms. The Balaban J connectivity index is 1.20. The highest BCUT2D eigenvalue weighted by Gasteiger charge is 2.36. The highest BCUT2D eigenvalue weighted by molar-refractivity contribution is 5.86. The van der Waals surface area contributed by atoms with Crippen molar-refractivity contribution in [2.24, 2.45) is 16.8 Å². The predicted molar refractivity (Wildman–Crippen MR) is 144 cm³/mol. The molecule has 0 radical (unpaired) electrons. The molecule has 3 heterocycles. The molecule has 4 aromatic rings. The Kier molecular flexibility index (Phi) is 5.05. The van der Waals surface area contributed by atoms with E-state index in [4.69, 9.17) is 4.98 Å². The van der Waals surface area contributed by atoms with E-state index in [-0.39, 0.29) is 0 Å². The van der Waals surface area contributed by atoms with Gasteiger partial charge in [-0.15, -0.1) is 0 Å². The van der Waals surface area contributed by atoms with E-state index in [1.165, 1.54) is 33.3 Å². The van der Waals surface area contributed by atoms with E-state index in [0.29, 0.717) is 17.7 Å². The van der Waals surface area contributed by atoms with Crippen LogP contribution >= 0.6 is 0 Å². The number of amides is 1. The summed E-state index contributed by atoms with van der Waals surface area (Å²) in [6, 6.07) is 21.8. The zero-order chi connectivity index (χ0) is 24.2. The van der Waals surface area contributed by atoms with Gasteiger partial charge in [0.15, 0.2) is 0 Å². The maximum atomic E-state index is 12.6. The first kappa shape index (κ1) is 21.5. The van der Waals surface area contributed by atoms with Crippen molar-refractivity contribution in [2.75, 3.05) is 13.1 Å². The molecule has 1 saturated heterocycles. The first-order valence-electron chi connectivity index (χ1n) is 13.1. The summed E-state index contributed by atoms with van der Waals surface area (Å²) < 4.78 is 2.39. The summed E-state index contributed by atoms with van der Waals surface area (Å²) in [7, 11) is 0. The van der Waals surface area contributed by atoms with Crippen LogP contribution in [0.5, 0.6) is 0 Å². The molecule has 1 aromatic heterocycles. The van der Waals surface area contributed by atoms with Gasteiger partial charge in [-0.1, -0.05) is 48.5 Å². The zero-order valence-corrected chi connectivity index (χ0v) is 20.7. The third-order valence-electron chi connectivity index (χ3n) is 8.06. The number of imidazole rings is 1. The summed E-state index contributed by atoms with van der Waals surface area (Å²) in [6.45, 7) is 5.55. The largest absolute Gasteiger partial charge is 0.342 e. The Morgan fingerprint density at radius 3 is 2.61 bits per heavy atom. The number of rotatable bonds is 5. The highest BCUT2D eigenvalue weighted by Crippen LogP contribution is 2.35. The first-order chi connectivity index (χ1) is 17.6. The number of hydrogen-bond donors (Lipinski definition) is 0. The molecule has 1 atom stereocenters. The first-order valence-corrected chi connectivity index (χ1v) is 13.1. The molecule has 5 heteroatoms. The Hall–Kier alpha value is -3.73. The quantitative estimate of drug-likeness (QED) is 0.363. The van der Waals surface area contributed by atoms with Gasteiger partial charge >= 0.3 is 0 Å².